The average molecular weight is 207 g/mol. The maximum Gasteiger partial charge on any atom is 0.191 e. The molecule has 3 nitrogen and oxygen atoms in total. The lowest BCUT2D eigenvalue weighted by Crippen LogP contribution is -2.40. The van der Waals surface area contributed by atoms with Gasteiger partial charge in [-0.15, -0.1) is 6.58 Å². The highest BCUT2D eigenvalue weighted by molar-refractivity contribution is 5.79. The Morgan fingerprint density at radius 1 is 1.47 bits per heavy atom. The van der Waals surface area contributed by atoms with Crippen molar-refractivity contribution in [1.82, 2.24) is 10.6 Å². The van der Waals surface area contributed by atoms with Crippen LogP contribution in [0.5, 0.6) is 0 Å². The van der Waals surface area contributed by atoms with E-state index < -0.39 is 0 Å². The van der Waals surface area contributed by atoms with Gasteiger partial charge >= 0.3 is 0 Å². The summed E-state index contributed by atoms with van der Waals surface area (Å²) < 4.78 is 0. The Hall–Kier alpha value is -0.990. The highest BCUT2D eigenvalue weighted by atomic mass is 15.2. The summed E-state index contributed by atoms with van der Waals surface area (Å²) in [7, 11) is 1.81. The molecule has 15 heavy (non-hydrogen) atoms. The van der Waals surface area contributed by atoms with Gasteiger partial charge in [0.2, 0.25) is 0 Å². The lowest BCUT2D eigenvalue weighted by molar-refractivity contribution is 0.431. The van der Waals surface area contributed by atoms with Crippen LogP contribution in [-0.2, 0) is 0 Å². The van der Waals surface area contributed by atoms with E-state index in [-0.39, 0.29) is 0 Å². The van der Waals surface area contributed by atoms with Crippen LogP contribution in [0.2, 0.25) is 0 Å². The second-order valence-electron chi connectivity index (χ2n) is 4.73. The van der Waals surface area contributed by atoms with Crippen LogP contribution in [0.1, 0.15) is 25.7 Å². The summed E-state index contributed by atoms with van der Waals surface area (Å²) in [6.45, 7) is 5.55. The number of nitrogens with zero attached hydrogens (tertiary/aromatic N) is 1. The van der Waals surface area contributed by atoms with Gasteiger partial charge in [0.1, 0.15) is 0 Å². The smallest absolute Gasteiger partial charge is 0.191 e. The fourth-order valence-corrected chi connectivity index (χ4v) is 2.23. The minimum absolute atomic E-state index is 0.631. The number of aliphatic imine (C=N–C) groups is 1. The third-order valence-electron chi connectivity index (χ3n) is 3.58. The molecule has 2 rings (SSSR count). The van der Waals surface area contributed by atoms with E-state index in [4.69, 9.17) is 0 Å². The van der Waals surface area contributed by atoms with E-state index in [0.717, 1.165) is 25.0 Å². The molecule has 0 heterocycles. The largest absolute Gasteiger partial charge is 0.356 e. The number of hydrogen-bond donors (Lipinski definition) is 2. The lowest BCUT2D eigenvalue weighted by atomic mass is 10.0. The first-order valence-corrected chi connectivity index (χ1v) is 5.86. The van der Waals surface area contributed by atoms with Crippen molar-refractivity contribution in [2.45, 2.75) is 25.7 Å². The summed E-state index contributed by atoms with van der Waals surface area (Å²) in [6, 6.07) is 0. The first-order valence-electron chi connectivity index (χ1n) is 5.86. The minimum Gasteiger partial charge on any atom is -0.356 e. The van der Waals surface area contributed by atoms with E-state index in [0.29, 0.717) is 5.41 Å². The van der Waals surface area contributed by atoms with E-state index in [1.165, 1.54) is 25.7 Å². The Balaban J connectivity index is 1.73. The van der Waals surface area contributed by atoms with Gasteiger partial charge in [0.05, 0.1) is 0 Å². The summed E-state index contributed by atoms with van der Waals surface area (Å²) in [4.78, 5) is 4.18. The second kappa shape index (κ2) is 4.25. The van der Waals surface area contributed by atoms with Gasteiger partial charge in [0.25, 0.3) is 0 Å². The van der Waals surface area contributed by atoms with E-state index in [1.807, 2.05) is 13.1 Å². The highest BCUT2D eigenvalue weighted by Gasteiger charge is 2.53. The van der Waals surface area contributed by atoms with E-state index in [1.54, 1.807) is 0 Å². The van der Waals surface area contributed by atoms with Crippen molar-refractivity contribution in [3.8, 4) is 0 Å². The SMILES string of the molecule is C=CCNC(=NC)NCC1(C2CC2)CC1. The summed E-state index contributed by atoms with van der Waals surface area (Å²) in [6.07, 6.45) is 7.55. The second-order valence-corrected chi connectivity index (χ2v) is 4.73. The van der Waals surface area contributed by atoms with Gasteiger partial charge in [0.15, 0.2) is 5.96 Å². The molecule has 0 bridgehead atoms. The average Bonchev–Trinajstić information content (AvgIpc) is 3.10. The van der Waals surface area contributed by atoms with Gasteiger partial charge in [-0.2, -0.15) is 0 Å². The molecule has 0 unspecified atom stereocenters. The number of nitrogens with one attached hydrogen (secondary N) is 2. The van der Waals surface area contributed by atoms with Crippen molar-refractivity contribution in [3.63, 3.8) is 0 Å². The van der Waals surface area contributed by atoms with Gasteiger partial charge in [-0.25, -0.2) is 0 Å². The number of hydrogen-bond acceptors (Lipinski definition) is 1. The van der Waals surface area contributed by atoms with E-state index in [2.05, 4.69) is 22.2 Å². The van der Waals surface area contributed by atoms with Crippen molar-refractivity contribution in [1.29, 1.82) is 0 Å². The third-order valence-corrected chi connectivity index (χ3v) is 3.58. The summed E-state index contributed by atoms with van der Waals surface area (Å²) in [5, 5.41) is 6.62. The predicted molar refractivity (Wildman–Crippen MR) is 64.0 cm³/mol. The van der Waals surface area contributed by atoms with Crippen molar-refractivity contribution < 1.29 is 0 Å². The van der Waals surface area contributed by atoms with Crippen molar-refractivity contribution in [3.05, 3.63) is 12.7 Å². The Bertz CT molecular complexity index is 262. The summed E-state index contributed by atoms with van der Waals surface area (Å²) in [5.41, 5.74) is 0.631. The monoisotopic (exact) mass is 207 g/mol. The molecule has 2 aliphatic rings. The molecule has 0 aromatic heterocycles. The molecule has 0 aromatic carbocycles. The molecule has 0 aromatic rings. The summed E-state index contributed by atoms with van der Waals surface area (Å²) in [5.74, 6) is 1.91. The fraction of sp³-hybridized carbons (Fsp3) is 0.750. The van der Waals surface area contributed by atoms with Gasteiger partial charge in [-0.05, 0) is 37.0 Å². The molecule has 2 N–H and O–H groups in total. The topological polar surface area (TPSA) is 36.4 Å². The zero-order valence-electron chi connectivity index (χ0n) is 9.55. The molecule has 0 radical (unpaired) electrons. The van der Waals surface area contributed by atoms with Gasteiger partial charge in [-0.1, -0.05) is 6.08 Å². The Labute approximate surface area is 92.0 Å². The predicted octanol–water partition coefficient (Wildman–Crippen LogP) is 1.53. The Kier molecular flexibility index (Phi) is 2.98. The van der Waals surface area contributed by atoms with Crippen LogP contribution in [0.3, 0.4) is 0 Å². The van der Waals surface area contributed by atoms with Crippen LogP contribution in [0, 0.1) is 11.3 Å². The molecule has 2 saturated carbocycles. The van der Waals surface area contributed by atoms with Crippen LogP contribution in [0.4, 0.5) is 0 Å². The maximum atomic E-state index is 4.18. The third kappa shape index (κ3) is 2.52. The number of rotatable bonds is 5. The molecule has 0 amide bonds. The molecular formula is C12H21N3. The van der Waals surface area contributed by atoms with Crippen LogP contribution in [0.15, 0.2) is 17.6 Å². The van der Waals surface area contributed by atoms with E-state index in [9.17, 15) is 0 Å². The molecule has 0 atom stereocenters. The molecule has 2 aliphatic carbocycles. The Morgan fingerprint density at radius 2 is 2.20 bits per heavy atom. The fourth-order valence-electron chi connectivity index (χ4n) is 2.23. The highest BCUT2D eigenvalue weighted by Crippen LogP contribution is 2.60. The van der Waals surface area contributed by atoms with Crippen LogP contribution < -0.4 is 10.6 Å². The van der Waals surface area contributed by atoms with Gasteiger partial charge in [0, 0.05) is 20.1 Å². The quantitative estimate of drug-likeness (QED) is 0.407. The molecule has 2 fully saturated rings. The van der Waals surface area contributed by atoms with Crippen LogP contribution >= 0.6 is 0 Å². The molecule has 0 spiro atoms. The summed E-state index contributed by atoms with van der Waals surface area (Å²) >= 11 is 0. The standard InChI is InChI=1S/C12H21N3/c1-3-8-14-11(13-2)15-9-12(6-7-12)10-4-5-10/h3,10H,1,4-9H2,2H3,(H2,13,14,15). The zero-order chi connectivity index (χ0) is 10.7. The van der Waals surface area contributed by atoms with Gasteiger partial charge < -0.3 is 10.6 Å². The van der Waals surface area contributed by atoms with Crippen LogP contribution in [0.25, 0.3) is 0 Å². The maximum absolute atomic E-state index is 4.18. The zero-order valence-corrected chi connectivity index (χ0v) is 9.55. The van der Waals surface area contributed by atoms with E-state index >= 15 is 0 Å². The lowest BCUT2D eigenvalue weighted by Gasteiger charge is -2.17. The molecular weight excluding hydrogens is 186 g/mol. The molecule has 84 valence electrons. The normalized spacial score (nSPS) is 23.4. The first-order chi connectivity index (χ1) is 7.30. The van der Waals surface area contributed by atoms with Crippen molar-refractivity contribution in [2.24, 2.45) is 16.3 Å². The molecule has 3 heteroatoms. The van der Waals surface area contributed by atoms with Crippen molar-refractivity contribution >= 4 is 5.96 Å². The van der Waals surface area contributed by atoms with Gasteiger partial charge in [-0.3, -0.25) is 4.99 Å². The number of guanidine groups is 1. The molecule has 0 saturated heterocycles. The molecule has 0 aliphatic heterocycles. The Morgan fingerprint density at radius 3 is 2.67 bits per heavy atom. The van der Waals surface area contributed by atoms with Crippen molar-refractivity contribution in [2.75, 3.05) is 20.1 Å². The first kappa shape index (κ1) is 10.5. The van der Waals surface area contributed by atoms with Crippen LogP contribution in [-0.4, -0.2) is 26.1 Å². The minimum atomic E-state index is 0.631.